The van der Waals surface area contributed by atoms with Crippen molar-refractivity contribution < 1.29 is 4.39 Å². The van der Waals surface area contributed by atoms with Gasteiger partial charge in [0.25, 0.3) is 0 Å². The molecule has 0 saturated carbocycles. The van der Waals surface area contributed by atoms with Crippen LogP contribution in [0.25, 0.3) is 5.65 Å². The van der Waals surface area contributed by atoms with Crippen molar-refractivity contribution >= 4 is 17.2 Å². The first kappa shape index (κ1) is 15.3. The van der Waals surface area contributed by atoms with Crippen LogP contribution in [0.2, 0.25) is 0 Å². The standard InChI is InChI=1S/C17H16FN7/c1-12-10-23(15-4-2-3-14(18)13(15)9-19)7-8-24(12)17-6-5-16-21-20-11-25(16)22-17/h2-6,11-12H,7-8,10H2,1H3/t12-/m0/s1. The number of benzene rings is 1. The maximum atomic E-state index is 13.9. The van der Waals surface area contributed by atoms with Gasteiger partial charge in [-0.3, -0.25) is 0 Å². The molecule has 2 aromatic heterocycles. The van der Waals surface area contributed by atoms with Crippen LogP contribution in [0, 0.1) is 17.1 Å². The molecule has 1 saturated heterocycles. The van der Waals surface area contributed by atoms with Crippen LogP contribution in [0.1, 0.15) is 12.5 Å². The largest absolute Gasteiger partial charge is 0.367 e. The maximum Gasteiger partial charge on any atom is 0.177 e. The third-order valence-electron chi connectivity index (χ3n) is 4.51. The third kappa shape index (κ3) is 2.63. The smallest absolute Gasteiger partial charge is 0.177 e. The van der Waals surface area contributed by atoms with E-state index in [2.05, 4.69) is 32.0 Å². The SMILES string of the molecule is C[C@H]1CN(c2cccc(F)c2C#N)CCN1c1ccc2nncn2n1. The lowest BCUT2D eigenvalue weighted by Crippen LogP contribution is -2.52. The molecule has 1 fully saturated rings. The van der Waals surface area contributed by atoms with Crippen LogP contribution in [-0.4, -0.2) is 45.5 Å². The highest BCUT2D eigenvalue weighted by atomic mass is 19.1. The fourth-order valence-electron chi connectivity index (χ4n) is 3.28. The molecular weight excluding hydrogens is 321 g/mol. The van der Waals surface area contributed by atoms with Crippen LogP contribution >= 0.6 is 0 Å². The van der Waals surface area contributed by atoms with E-state index in [1.165, 1.54) is 6.07 Å². The van der Waals surface area contributed by atoms with E-state index in [9.17, 15) is 9.65 Å². The molecule has 1 aromatic carbocycles. The quantitative estimate of drug-likeness (QED) is 0.710. The lowest BCUT2D eigenvalue weighted by atomic mass is 10.1. The second-order valence-corrected chi connectivity index (χ2v) is 6.06. The van der Waals surface area contributed by atoms with Crippen molar-refractivity contribution in [1.82, 2.24) is 19.8 Å². The summed E-state index contributed by atoms with van der Waals surface area (Å²) in [6.45, 7) is 4.18. The van der Waals surface area contributed by atoms with Crippen LogP contribution < -0.4 is 9.80 Å². The van der Waals surface area contributed by atoms with Gasteiger partial charge in [0.2, 0.25) is 0 Å². The maximum absolute atomic E-state index is 13.9. The zero-order valence-electron chi connectivity index (χ0n) is 13.7. The van der Waals surface area contributed by atoms with Crippen LogP contribution in [0.15, 0.2) is 36.7 Å². The van der Waals surface area contributed by atoms with E-state index in [0.717, 1.165) is 12.4 Å². The Kier molecular flexibility index (Phi) is 3.69. The van der Waals surface area contributed by atoms with Crippen molar-refractivity contribution in [3.05, 3.63) is 48.0 Å². The highest BCUT2D eigenvalue weighted by molar-refractivity contribution is 5.61. The summed E-state index contributed by atoms with van der Waals surface area (Å²) in [4.78, 5) is 4.25. The first-order chi connectivity index (χ1) is 12.2. The first-order valence-corrected chi connectivity index (χ1v) is 8.04. The number of hydrogen-bond donors (Lipinski definition) is 0. The molecule has 25 heavy (non-hydrogen) atoms. The second-order valence-electron chi connectivity index (χ2n) is 6.06. The monoisotopic (exact) mass is 337 g/mol. The molecular formula is C17H16FN7. The molecule has 0 amide bonds. The molecule has 7 nitrogen and oxygen atoms in total. The van der Waals surface area contributed by atoms with E-state index in [0.29, 0.717) is 24.4 Å². The first-order valence-electron chi connectivity index (χ1n) is 8.04. The minimum atomic E-state index is -0.477. The number of anilines is 2. The van der Waals surface area contributed by atoms with Crippen molar-refractivity contribution in [2.45, 2.75) is 13.0 Å². The number of nitriles is 1. The Morgan fingerprint density at radius 3 is 2.92 bits per heavy atom. The van der Waals surface area contributed by atoms with Gasteiger partial charge >= 0.3 is 0 Å². The zero-order chi connectivity index (χ0) is 17.4. The van der Waals surface area contributed by atoms with Gasteiger partial charge in [0.15, 0.2) is 5.65 Å². The van der Waals surface area contributed by atoms with E-state index in [-0.39, 0.29) is 11.6 Å². The average Bonchev–Trinajstić information content (AvgIpc) is 3.09. The highest BCUT2D eigenvalue weighted by Gasteiger charge is 2.27. The van der Waals surface area contributed by atoms with Gasteiger partial charge in [0.05, 0.1) is 5.69 Å². The molecule has 1 aliphatic rings. The molecule has 3 aromatic rings. The van der Waals surface area contributed by atoms with Gasteiger partial charge in [0.1, 0.15) is 29.6 Å². The van der Waals surface area contributed by atoms with Gasteiger partial charge in [0, 0.05) is 25.7 Å². The Balaban J connectivity index is 1.58. The molecule has 0 N–H and O–H groups in total. The Morgan fingerprint density at radius 1 is 1.24 bits per heavy atom. The summed E-state index contributed by atoms with van der Waals surface area (Å²) in [5.74, 6) is 0.369. The van der Waals surface area contributed by atoms with Crippen molar-refractivity contribution in [1.29, 1.82) is 5.26 Å². The summed E-state index contributed by atoms with van der Waals surface area (Å²) in [7, 11) is 0. The summed E-state index contributed by atoms with van der Waals surface area (Å²) in [5, 5.41) is 21.6. The fourth-order valence-corrected chi connectivity index (χ4v) is 3.28. The van der Waals surface area contributed by atoms with Crippen molar-refractivity contribution in [3.63, 3.8) is 0 Å². The molecule has 0 bridgehead atoms. The third-order valence-corrected chi connectivity index (χ3v) is 4.51. The molecule has 1 atom stereocenters. The van der Waals surface area contributed by atoms with E-state index >= 15 is 0 Å². The molecule has 8 heteroatoms. The minimum Gasteiger partial charge on any atom is -0.367 e. The Bertz CT molecular complexity index is 961. The van der Waals surface area contributed by atoms with Gasteiger partial charge in [-0.25, -0.2) is 4.39 Å². The predicted molar refractivity (Wildman–Crippen MR) is 90.9 cm³/mol. The fraction of sp³-hybridized carbons (Fsp3) is 0.294. The summed E-state index contributed by atoms with van der Waals surface area (Å²) in [5.41, 5.74) is 1.46. The second kappa shape index (κ2) is 6.02. The number of nitrogens with zero attached hydrogens (tertiary/aromatic N) is 7. The Hall–Kier alpha value is -3.21. The van der Waals surface area contributed by atoms with Crippen LogP contribution in [0.4, 0.5) is 15.9 Å². The molecule has 126 valence electrons. The van der Waals surface area contributed by atoms with E-state index in [1.807, 2.05) is 18.2 Å². The number of piperazine rings is 1. The molecule has 4 rings (SSSR count). The summed E-state index contributed by atoms with van der Waals surface area (Å²) in [6.07, 6.45) is 1.58. The van der Waals surface area contributed by atoms with Crippen molar-refractivity contribution in [2.75, 3.05) is 29.4 Å². The molecule has 0 radical (unpaired) electrons. The number of hydrogen-bond acceptors (Lipinski definition) is 6. The van der Waals surface area contributed by atoms with E-state index in [4.69, 9.17) is 0 Å². The zero-order valence-corrected chi connectivity index (χ0v) is 13.7. The number of halogens is 1. The lowest BCUT2D eigenvalue weighted by Gasteiger charge is -2.41. The Labute approximate surface area is 143 Å². The van der Waals surface area contributed by atoms with Crippen LogP contribution in [0.3, 0.4) is 0 Å². The summed E-state index contributed by atoms with van der Waals surface area (Å²) in [6, 6.07) is 10.7. The van der Waals surface area contributed by atoms with E-state index < -0.39 is 5.82 Å². The number of rotatable bonds is 2. The molecule has 3 heterocycles. The van der Waals surface area contributed by atoms with Gasteiger partial charge in [-0.1, -0.05) is 6.07 Å². The van der Waals surface area contributed by atoms with Crippen molar-refractivity contribution in [3.8, 4) is 6.07 Å². The summed E-state index contributed by atoms with van der Waals surface area (Å²) < 4.78 is 15.5. The van der Waals surface area contributed by atoms with Gasteiger partial charge < -0.3 is 9.80 Å². The number of fused-ring (bicyclic) bond motifs is 1. The Morgan fingerprint density at radius 2 is 2.12 bits per heavy atom. The van der Waals surface area contributed by atoms with E-state index in [1.54, 1.807) is 23.0 Å². The number of aromatic nitrogens is 4. The molecule has 0 spiro atoms. The molecule has 1 aliphatic heterocycles. The lowest BCUT2D eigenvalue weighted by molar-refractivity contribution is 0.540. The van der Waals surface area contributed by atoms with Crippen molar-refractivity contribution in [2.24, 2.45) is 0 Å². The van der Waals surface area contributed by atoms with Gasteiger partial charge in [-0.15, -0.1) is 15.3 Å². The predicted octanol–water partition coefficient (Wildman–Crippen LogP) is 1.85. The topological polar surface area (TPSA) is 73.4 Å². The average molecular weight is 337 g/mol. The normalized spacial score (nSPS) is 17.7. The van der Waals surface area contributed by atoms with Crippen LogP contribution in [0.5, 0.6) is 0 Å². The molecule has 0 unspecified atom stereocenters. The molecule has 0 aliphatic carbocycles. The summed E-state index contributed by atoms with van der Waals surface area (Å²) >= 11 is 0. The van der Waals surface area contributed by atoms with Crippen LogP contribution in [-0.2, 0) is 0 Å². The minimum absolute atomic E-state index is 0.104. The van der Waals surface area contributed by atoms with Gasteiger partial charge in [-0.05, 0) is 31.2 Å². The van der Waals surface area contributed by atoms with Gasteiger partial charge in [-0.2, -0.15) is 9.78 Å². The highest BCUT2D eigenvalue weighted by Crippen LogP contribution is 2.26.